The van der Waals surface area contributed by atoms with Gasteiger partial charge in [-0.15, -0.1) is 0 Å². The first-order valence-corrected chi connectivity index (χ1v) is 6.12. The van der Waals surface area contributed by atoms with Crippen molar-refractivity contribution in [1.82, 2.24) is 0 Å². The SMILES string of the molecule is CC1CCN(c2c(F)cccc2C=O)CC1C. The van der Waals surface area contributed by atoms with Crippen molar-refractivity contribution in [3.8, 4) is 0 Å². The van der Waals surface area contributed by atoms with Gasteiger partial charge < -0.3 is 4.90 Å². The Morgan fingerprint density at radius 2 is 2.12 bits per heavy atom. The summed E-state index contributed by atoms with van der Waals surface area (Å²) in [6.07, 6.45) is 1.79. The zero-order valence-corrected chi connectivity index (χ0v) is 10.3. The molecule has 2 unspecified atom stereocenters. The molecule has 92 valence electrons. The van der Waals surface area contributed by atoms with E-state index in [0.29, 0.717) is 23.1 Å². The molecule has 2 rings (SSSR count). The lowest BCUT2D eigenvalue weighted by Crippen LogP contribution is -2.39. The Balaban J connectivity index is 2.31. The highest BCUT2D eigenvalue weighted by Gasteiger charge is 2.25. The fourth-order valence-electron chi connectivity index (χ4n) is 2.43. The van der Waals surface area contributed by atoms with Gasteiger partial charge in [0.1, 0.15) is 5.82 Å². The number of hydrogen-bond donors (Lipinski definition) is 0. The fourth-order valence-corrected chi connectivity index (χ4v) is 2.43. The summed E-state index contributed by atoms with van der Waals surface area (Å²) < 4.78 is 13.8. The molecule has 0 radical (unpaired) electrons. The van der Waals surface area contributed by atoms with Crippen LogP contribution >= 0.6 is 0 Å². The number of para-hydroxylation sites is 1. The molecular weight excluding hydrogens is 217 g/mol. The van der Waals surface area contributed by atoms with Crippen molar-refractivity contribution >= 4 is 12.0 Å². The van der Waals surface area contributed by atoms with Gasteiger partial charge in [0, 0.05) is 18.7 Å². The molecule has 0 aliphatic carbocycles. The molecule has 1 aromatic rings. The summed E-state index contributed by atoms with van der Waals surface area (Å²) in [4.78, 5) is 13.0. The molecule has 0 aromatic heterocycles. The minimum absolute atomic E-state index is 0.295. The van der Waals surface area contributed by atoms with Crippen LogP contribution in [0.3, 0.4) is 0 Å². The van der Waals surface area contributed by atoms with E-state index in [-0.39, 0.29) is 5.82 Å². The van der Waals surface area contributed by atoms with Crippen molar-refractivity contribution in [2.75, 3.05) is 18.0 Å². The topological polar surface area (TPSA) is 20.3 Å². The van der Waals surface area contributed by atoms with Crippen LogP contribution in [0.2, 0.25) is 0 Å². The molecule has 0 saturated carbocycles. The van der Waals surface area contributed by atoms with E-state index in [1.807, 2.05) is 4.90 Å². The number of carbonyl (C=O) groups excluding carboxylic acids is 1. The summed E-state index contributed by atoms with van der Waals surface area (Å²) in [6.45, 7) is 6.05. The number of anilines is 1. The van der Waals surface area contributed by atoms with Crippen LogP contribution in [-0.4, -0.2) is 19.4 Å². The van der Waals surface area contributed by atoms with Crippen molar-refractivity contribution in [2.24, 2.45) is 11.8 Å². The van der Waals surface area contributed by atoms with Crippen molar-refractivity contribution in [2.45, 2.75) is 20.3 Å². The molecule has 2 atom stereocenters. The maximum absolute atomic E-state index is 13.8. The molecule has 1 aliphatic rings. The van der Waals surface area contributed by atoms with E-state index >= 15 is 0 Å². The van der Waals surface area contributed by atoms with Crippen LogP contribution in [0.15, 0.2) is 18.2 Å². The Bertz CT molecular complexity index is 419. The molecule has 0 spiro atoms. The van der Waals surface area contributed by atoms with Crippen LogP contribution in [0.5, 0.6) is 0 Å². The quantitative estimate of drug-likeness (QED) is 0.734. The van der Waals surface area contributed by atoms with E-state index in [0.717, 1.165) is 25.8 Å². The number of aldehydes is 1. The minimum Gasteiger partial charge on any atom is -0.368 e. The maximum Gasteiger partial charge on any atom is 0.152 e. The molecule has 0 N–H and O–H groups in total. The number of halogens is 1. The Labute approximate surface area is 101 Å². The lowest BCUT2D eigenvalue weighted by atomic mass is 9.88. The Hall–Kier alpha value is -1.38. The van der Waals surface area contributed by atoms with Crippen molar-refractivity contribution in [1.29, 1.82) is 0 Å². The smallest absolute Gasteiger partial charge is 0.152 e. The van der Waals surface area contributed by atoms with Crippen LogP contribution in [0.4, 0.5) is 10.1 Å². The lowest BCUT2D eigenvalue weighted by Gasteiger charge is -2.37. The normalized spacial score (nSPS) is 24.8. The van der Waals surface area contributed by atoms with E-state index in [1.165, 1.54) is 6.07 Å². The summed E-state index contributed by atoms with van der Waals surface area (Å²) in [7, 11) is 0. The molecule has 0 bridgehead atoms. The first-order chi connectivity index (χ1) is 8.13. The zero-order valence-electron chi connectivity index (χ0n) is 10.3. The van der Waals surface area contributed by atoms with Crippen LogP contribution in [-0.2, 0) is 0 Å². The molecule has 17 heavy (non-hydrogen) atoms. The minimum atomic E-state index is -0.295. The van der Waals surface area contributed by atoms with Gasteiger partial charge in [0.25, 0.3) is 0 Å². The molecule has 0 amide bonds. The van der Waals surface area contributed by atoms with Gasteiger partial charge in [-0.05, 0) is 30.4 Å². The van der Waals surface area contributed by atoms with Crippen molar-refractivity contribution in [3.05, 3.63) is 29.6 Å². The molecule has 1 saturated heterocycles. The number of piperidine rings is 1. The standard InChI is InChI=1S/C14H18FNO/c1-10-6-7-16(8-11(10)2)14-12(9-17)4-3-5-13(14)15/h3-5,9-11H,6-8H2,1-2H3. The molecule has 2 nitrogen and oxygen atoms in total. The summed E-state index contributed by atoms with van der Waals surface area (Å²) in [6, 6.07) is 4.68. The second-order valence-electron chi connectivity index (χ2n) is 4.98. The van der Waals surface area contributed by atoms with Crippen molar-refractivity contribution < 1.29 is 9.18 Å². The van der Waals surface area contributed by atoms with E-state index in [9.17, 15) is 9.18 Å². The Morgan fingerprint density at radius 1 is 1.35 bits per heavy atom. The second-order valence-corrected chi connectivity index (χ2v) is 4.98. The molecule has 1 aliphatic heterocycles. The third-order valence-electron chi connectivity index (χ3n) is 3.80. The Morgan fingerprint density at radius 3 is 2.76 bits per heavy atom. The van der Waals surface area contributed by atoms with Gasteiger partial charge in [-0.3, -0.25) is 4.79 Å². The average molecular weight is 235 g/mol. The van der Waals surface area contributed by atoms with Crippen molar-refractivity contribution in [3.63, 3.8) is 0 Å². The first kappa shape index (κ1) is 12.1. The van der Waals surface area contributed by atoms with Gasteiger partial charge in [0.15, 0.2) is 6.29 Å². The second kappa shape index (κ2) is 4.86. The summed E-state index contributed by atoms with van der Waals surface area (Å²) in [5.41, 5.74) is 0.924. The lowest BCUT2D eigenvalue weighted by molar-refractivity contribution is 0.112. The number of nitrogens with zero attached hydrogens (tertiary/aromatic N) is 1. The summed E-state index contributed by atoms with van der Waals surface area (Å²) >= 11 is 0. The average Bonchev–Trinajstić information content (AvgIpc) is 2.32. The predicted octanol–water partition coefficient (Wildman–Crippen LogP) is 3.12. The number of rotatable bonds is 2. The van der Waals surface area contributed by atoms with Gasteiger partial charge in [-0.1, -0.05) is 19.9 Å². The van der Waals surface area contributed by atoms with Crippen LogP contribution < -0.4 is 4.90 Å². The van der Waals surface area contributed by atoms with E-state index in [4.69, 9.17) is 0 Å². The van der Waals surface area contributed by atoms with Crippen LogP contribution in [0.1, 0.15) is 30.6 Å². The predicted molar refractivity (Wildman–Crippen MR) is 66.9 cm³/mol. The molecule has 1 aromatic carbocycles. The number of carbonyl (C=O) groups is 1. The molecular formula is C14H18FNO. The number of hydrogen-bond acceptors (Lipinski definition) is 2. The molecule has 3 heteroatoms. The number of benzene rings is 1. The molecule has 1 fully saturated rings. The Kier molecular flexibility index (Phi) is 3.46. The molecule has 1 heterocycles. The third kappa shape index (κ3) is 2.33. The van der Waals surface area contributed by atoms with E-state index in [1.54, 1.807) is 12.1 Å². The van der Waals surface area contributed by atoms with Crippen LogP contribution in [0.25, 0.3) is 0 Å². The summed E-state index contributed by atoms with van der Waals surface area (Å²) in [5, 5.41) is 0. The van der Waals surface area contributed by atoms with Gasteiger partial charge in [-0.25, -0.2) is 4.39 Å². The van der Waals surface area contributed by atoms with Gasteiger partial charge in [-0.2, -0.15) is 0 Å². The highest BCUT2D eigenvalue weighted by molar-refractivity contribution is 5.84. The van der Waals surface area contributed by atoms with Gasteiger partial charge in [0.2, 0.25) is 0 Å². The maximum atomic E-state index is 13.8. The largest absolute Gasteiger partial charge is 0.368 e. The van der Waals surface area contributed by atoms with E-state index in [2.05, 4.69) is 13.8 Å². The van der Waals surface area contributed by atoms with Gasteiger partial charge >= 0.3 is 0 Å². The van der Waals surface area contributed by atoms with Crippen LogP contribution in [0, 0.1) is 17.7 Å². The monoisotopic (exact) mass is 235 g/mol. The van der Waals surface area contributed by atoms with E-state index < -0.39 is 0 Å². The van der Waals surface area contributed by atoms with Gasteiger partial charge in [0.05, 0.1) is 5.69 Å². The highest BCUT2D eigenvalue weighted by Crippen LogP contribution is 2.30. The first-order valence-electron chi connectivity index (χ1n) is 6.12. The summed E-state index contributed by atoms with van der Waals surface area (Å²) in [5.74, 6) is 0.900. The fraction of sp³-hybridized carbons (Fsp3) is 0.500. The zero-order chi connectivity index (χ0) is 12.4. The highest BCUT2D eigenvalue weighted by atomic mass is 19.1. The third-order valence-corrected chi connectivity index (χ3v) is 3.80.